The van der Waals surface area contributed by atoms with Crippen LogP contribution in [0.4, 0.5) is 10.5 Å². The van der Waals surface area contributed by atoms with E-state index in [1.54, 1.807) is 0 Å². The monoisotopic (exact) mass is 328 g/mol. The van der Waals surface area contributed by atoms with Gasteiger partial charge >= 0.3 is 6.03 Å². The van der Waals surface area contributed by atoms with Crippen molar-refractivity contribution in [1.82, 2.24) is 4.90 Å². The number of benzene rings is 2. The molecule has 0 spiro atoms. The maximum Gasteiger partial charge on any atom is 0.322 e. The lowest BCUT2D eigenvalue weighted by Gasteiger charge is -2.26. The fourth-order valence-corrected chi connectivity index (χ4v) is 3.41. The molecule has 1 saturated heterocycles. The molecule has 1 aliphatic rings. The van der Waals surface area contributed by atoms with E-state index in [9.17, 15) is 4.79 Å². The maximum atomic E-state index is 12.7. The van der Waals surface area contributed by atoms with E-state index >= 15 is 0 Å². The summed E-state index contributed by atoms with van der Waals surface area (Å²) in [5, 5.41) is 3.78. The molecule has 1 aliphatic heterocycles. The number of amides is 2. The predicted molar refractivity (Wildman–Crippen MR) is 95.1 cm³/mol. The summed E-state index contributed by atoms with van der Waals surface area (Å²) in [6, 6.07) is 13.7. The minimum absolute atomic E-state index is 0.0498. The molecule has 0 aliphatic carbocycles. The third-order valence-electron chi connectivity index (χ3n) is 4.62. The molecule has 0 saturated carbocycles. The predicted octanol–water partition coefficient (Wildman–Crippen LogP) is 5.33. The van der Waals surface area contributed by atoms with E-state index in [0.717, 1.165) is 41.2 Å². The van der Waals surface area contributed by atoms with E-state index in [0.29, 0.717) is 0 Å². The second-order valence-corrected chi connectivity index (χ2v) is 6.46. The second kappa shape index (κ2) is 6.63. The van der Waals surface area contributed by atoms with Crippen molar-refractivity contribution in [2.45, 2.75) is 32.7 Å². The van der Waals surface area contributed by atoms with Gasteiger partial charge in [-0.3, -0.25) is 0 Å². The summed E-state index contributed by atoms with van der Waals surface area (Å²) >= 11 is 6.32. The third-order valence-corrected chi connectivity index (χ3v) is 4.97. The second-order valence-electron chi connectivity index (χ2n) is 6.05. The van der Waals surface area contributed by atoms with Crippen molar-refractivity contribution in [1.29, 1.82) is 0 Å². The quantitative estimate of drug-likeness (QED) is 0.794. The normalized spacial score (nSPS) is 17.3. The summed E-state index contributed by atoms with van der Waals surface area (Å²) in [6.45, 7) is 4.83. The molecule has 1 fully saturated rings. The highest BCUT2D eigenvalue weighted by atomic mass is 35.5. The van der Waals surface area contributed by atoms with E-state index < -0.39 is 0 Å². The summed E-state index contributed by atoms with van der Waals surface area (Å²) in [7, 11) is 0. The van der Waals surface area contributed by atoms with Crippen molar-refractivity contribution >= 4 is 23.3 Å². The largest absolute Gasteiger partial charge is 0.322 e. The Balaban J connectivity index is 1.81. The Kier molecular flexibility index (Phi) is 4.58. The van der Waals surface area contributed by atoms with Crippen LogP contribution in [0.25, 0.3) is 0 Å². The minimum Gasteiger partial charge on any atom is -0.317 e. The molecule has 1 N–H and O–H groups in total. The van der Waals surface area contributed by atoms with Gasteiger partial charge in [0, 0.05) is 17.3 Å². The van der Waals surface area contributed by atoms with Crippen LogP contribution in [0.15, 0.2) is 42.5 Å². The number of nitrogens with one attached hydrogen (secondary N) is 1. The first-order valence-electron chi connectivity index (χ1n) is 7.96. The van der Waals surface area contributed by atoms with Crippen LogP contribution >= 0.6 is 11.6 Å². The highest BCUT2D eigenvalue weighted by Crippen LogP contribution is 2.36. The van der Waals surface area contributed by atoms with Crippen LogP contribution in [-0.4, -0.2) is 17.5 Å². The van der Waals surface area contributed by atoms with Gasteiger partial charge in [-0.25, -0.2) is 4.79 Å². The summed E-state index contributed by atoms with van der Waals surface area (Å²) in [4.78, 5) is 14.6. The van der Waals surface area contributed by atoms with Crippen molar-refractivity contribution in [3.8, 4) is 0 Å². The zero-order valence-electron chi connectivity index (χ0n) is 13.5. The number of carbonyl (C=O) groups is 1. The fourth-order valence-electron chi connectivity index (χ4n) is 3.15. The summed E-state index contributed by atoms with van der Waals surface area (Å²) in [6.07, 6.45) is 1.94. The van der Waals surface area contributed by atoms with Crippen LogP contribution < -0.4 is 5.32 Å². The molecule has 0 bridgehead atoms. The molecule has 0 unspecified atom stereocenters. The Bertz CT molecular complexity index is 729. The standard InChI is InChI=1S/C19H21ClN2O/c1-13-7-5-10-17(14(13)2)21-19(23)22-12-6-11-18(22)15-8-3-4-9-16(15)20/h3-5,7-10,18H,6,11-12H2,1-2H3,(H,21,23)/t18-/m1/s1. The van der Waals surface area contributed by atoms with E-state index in [1.807, 2.05) is 61.2 Å². The van der Waals surface area contributed by atoms with Crippen molar-refractivity contribution < 1.29 is 4.79 Å². The lowest BCUT2D eigenvalue weighted by Crippen LogP contribution is -2.34. The van der Waals surface area contributed by atoms with E-state index in [1.165, 1.54) is 5.56 Å². The van der Waals surface area contributed by atoms with E-state index in [2.05, 4.69) is 5.32 Å². The number of nitrogens with zero attached hydrogens (tertiary/aromatic N) is 1. The smallest absolute Gasteiger partial charge is 0.317 e. The SMILES string of the molecule is Cc1cccc(NC(=O)N2CCC[C@@H]2c2ccccc2Cl)c1C. The van der Waals surface area contributed by atoms with Gasteiger partial charge in [0.25, 0.3) is 0 Å². The topological polar surface area (TPSA) is 32.3 Å². The van der Waals surface area contributed by atoms with Gasteiger partial charge in [0.05, 0.1) is 6.04 Å². The fraction of sp³-hybridized carbons (Fsp3) is 0.316. The first-order valence-corrected chi connectivity index (χ1v) is 8.34. The molecule has 120 valence electrons. The molecule has 4 heteroatoms. The Morgan fingerprint density at radius 3 is 2.74 bits per heavy atom. The number of aryl methyl sites for hydroxylation is 1. The summed E-state index contributed by atoms with van der Waals surface area (Å²) < 4.78 is 0. The van der Waals surface area contributed by atoms with Crippen LogP contribution in [-0.2, 0) is 0 Å². The zero-order chi connectivity index (χ0) is 16.4. The molecular formula is C19H21ClN2O. The van der Waals surface area contributed by atoms with Crippen LogP contribution in [0.3, 0.4) is 0 Å². The molecule has 23 heavy (non-hydrogen) atoms. The molecule has 1 heterocycles. The van der Waals surface area contributed by atoms with E-state index in [-0.39, 0.29) is 12.1 Å². The average molecular weight is 329 g/mol. The number of urea groups is 1. The van der Waals surface area contributed by atoms with Crippen molar-refractivity contribution in [2.24, 2.45) is 0 Å². The first-order chi connectivity index (χ1) is 11.1. The van der Waals surface area contributed by atoms with Gasteiger partial charge in [0.2, 0.25) is 0 Å². The average Bonchev–Trinajstić information content (AvgIpc) is 3.02. The van der Waals surface area contributed by atoms with Gasteiger partial charge in [0.1, 0.15) is 0 Å². The third kappa shape index (κ3) is 3.20. The van der Waals surface area contributed by atoms with Gasteiger partial charge in [-0.05, 0) is 55.5 Å². The number of hydrogen-bond acceptors (Lipinski definition) is 1. The molecule has 2 aromatic carbocycles. The van der Waals surface area contributed by atoms with Gasteiger partial charge in [0.15, 0.2) is 0 Å². The molecule has 2 aromatic rings. The molecule has 2 amide bonds. The van der Waals surface area contributed by atoms with E-state index in [4.69, 9.17) is 11.6 Å². The van der Waals surface area contributed by atoms with Crippen LogP contribution in [0.1, 0.15) is 35.6 Å². The summed E-state index contributed by atoms with van der Waals surface area (Å²) in [5.41, 5.74) is 4.18. The Hall–Kier alpha value is -2.00. The van der Waals surface area contributed by atoms with Crippen LogP contribution in [0, 0.1) is 13.8 Å². The minimum atomic E-state index is -0.0545. The number of hydrogen-bond donors (Lipinski definition) is 1. The highest BCUT2D eigenvalue weighted by molar-refractivity contribution is 6.31. The number of anilines is 1. The Labute approximate surface area is 142 Å². The number of likely N-dealkylation sites (tertiary alicyclic amines) is 1. The lowest BCUT2D eigenvalue weighted by atomic mass is 10.0. The molecule has 0 aromatic heterocycles. The molecular weight excluding hydrogens is 308 g/mol. The van der Waals surface area contributed by atoms with Crippen molar-refractivity contribution in [3.05, 3.63) is 64.2 Å². The first kappa shape index (κ1) is 15.9. The molecule has 1 atom stereocenters. The van der Waals surface area contributed by atoms with Gasteiger partial charge in [-0.2, -0.15) is 0 Å². The maximum absolute atomic E-state index is 12.7. The van der Waals surface area contributed by atoms with Gasteiger partial charge in [-0.15, -0.1) is 0 Å². The Morgan fingerprint density at radius 2 is 1.96 bits per heavy atom. The molecule has 3 nitrogen and oxygen atoms in total. The number of carbonyl (C=O) groups excluding carboxylic acids is 1. The van der Waals surface area contributed by atoms with Crippen molar-refractivity contribution in [2.75, 3.05) is 11.9 Å². The van der Waals surface area contributed by atoms with Crippen LogP contribution in [0.5, 0.6) is 0 Å². The highest BCUT2D eigenvalue weighted by Gasteiger charge is 2.31. The molecule has 3 rings (SSSR count). The zero-order valence-corrected chi connectivity index (χ0v) is 14.2. The number of rotatable bonds is 2. The van der Waals surface area contributed by atoms with Gasteiger partial charge in [-0.1, -0.05) is 41.9 Å². The van der Waals surface area contributed by atoms with Crippen molar-refractivity contribution in [3.63, 3.8) is 0 Å². The lowest BCUT2D eigenvalue weighted by molar-refractivity contribution is 0.207. The van der Waals surface area contributed by atoms with Crippen LogP contribution in [0.2, 0.25) is 5.02 Å². The summed E-state index contributed by atoms with van der Waals surface area (Å²) in [5.74, 6) is 0. The molecule has 0 radical (unpaired) electrons. The Morgan fingerprint density at radius 1 is 1.17 bits per heavy atom. The van der Waals surface area contributed by atoms with Gasteiger partial charge < -0.3 is 10.2 Å². The number of halogens is 1.